The van der Waals surface area contributed by atoms with Crippen LogP contribution in [-0.4, -0.2) is 36.3 Å². The zero-order valence-electron chi connectivity index (χ0n) is 16.4. The van der Waals surface area contributed by atoms with Gasteiger partial charge in [0.1, 0.15) is 30.3 Å². The van der Waals surface area contributed by atoms with Gasteiger partial charge in [-0.05, 0) is 50.6 Å². The van der Waals surface area contributed by atoms with Gasteiger partial charge in [-0.25, -0.2) is 0 Å². The highest BCUT2D eigenvalue weighted by Gasteiger charge is 2.26. The highest BCUT2D eigenvalue weighted by Crippen LogP contribution is 2.30. The Morgan fingerprint density at radius 2 is 2.00 bits per heavy atom. The highest BCUT2D eigenvalue weighted by molar-refractivity contribution is 5.40. The van der Waals surface area contributed by atoms with Gasteiger partial charge in [0.25, 0.3) is 0 Å². The average molecular weight is 367 g/mol. The van der Waals surface area contributed by atoms with Crippen LogP contribution >= 0.6 is 0 Å². The summed E-state index contributed by atoms with van der Waals surface area (Å²) >= 11 is 0. The van der Waals surface area contributed by atoms with Crippen LogP contribution in [0.15, 0.2) is 60.2 Å². The summed E-state index contributed by atoms with van der Waals surface area (Å²) < 4.78 is 11.7. The second kappa shape index (κ2) is 8.59. The van der Waals surface area contributed by atoms with Crippen molar-refractivity contribution < 1.29 is 14.6 Å². The number of ether oxygens (including phenoxy) is 2. The van der Waals surface area contributed by atoms with Gasteiger partial charge < -0.3 is 14.6 Å². The molecule has 0 fully saturated rings. The van der Waals surface area contributed by atoms with Gasteiger partial charge in [-0.15, -0.1) is 0 Å². The molecular weight excluding hydrogens is 338 g/mol. The van der Waals surface area contributed by atoms with E-state index in [4.69, 9.17) is 9.47 Å². The van der Waals surface area contributed by atoms with Crippen molar-refractivity contribution in [3.05, 3.63) is 71.3 Å². The van der Waals surface area contributed by atoms with E-state index in [1.165, 1.54) is 5.57 Å². The van der Waals surface area contributed by atoms with Crippen molar-refractivity contribution in [2.24, 2.45) is 0 Å². The Bertz CT molecular complexity index is 779. The number of benzene rings is 2. The van der Waals surface area contributed by atoms with E-state index in [9.17, 15) is 5.11 Å². The maximum atomic E-state index is 11.0. The van der Waals surface area contributed by atoms with Crippen molar-refractivity contribution in [1.29, 1.82) is 0 Å². The fourth-order valence-electron chi connectivity index (χ4n) is 3.07. The first-order valence-corrected chi connectivity index (χ1v) is 9.46. The number of aliphatic hydroxyl groups is 1. The first-order valence-electron chi connectivity index (χ1n) is 9.46. The van der Waals surface area contributed by atoms with Crippen LogP contribution in [0.2, 0.25) is 0 Å². The van der Waals surface area contributed by atoms with Crippen LogP contribution in [0, 0.1) is 0 Å². The van der Waals surface area contributed by atoms with E-state index in [0.29, 0.717) is 6.61 Å². The molecule has 0 spiro atoms. The van der Waals surface area contributed by atoms with Crippen LogP contribution in [0.3, 0.4) is 0 Å². The number of rotatable bonds is 6. The molecule has 0 bridgehead atoms. The van der Waals surface area contributed by atoms with Crippen molar-refractivity contribution in [2.45, 2.75) is 32.9 Å². The van der Waals surface area contributed by atoms with Gasteiger partial charge in [-0.3, -0.25) is 4.90 Å². The van der Waals surface area contributed by atoms with Crippen molar-refractivity contribution >= 4 is 0 Å². The number of nitrogens with zero attached hydrogens (tertiary/aromatic N) is 1. The lowest BCUT2D eigenvalue weighted by molar-refractivity contribution is 0.00748. The zero-order chi connectivity index (χ0) is 19.3. The maximum Gasteiger partial charge on any atom is 0.123 e. The van der Waals surface area contributed by atoms with Gasteiger partial charge in [0, 0.05) is 25.2 Å². The predicted molar refractivity (Wildman–Crippen MR) is 108 cm³/mol. The Hall–Kier alpha value is -2.30. The number of hydrogen-bond donors (Lipinski definition) is 1. The van der Waals surface area contributed by atoms with Crippen molar-refractivity contribution in [2.75, 3.05) is 26.3 Å². The Morgan fingerprint density at radius 1 is 1.22 bits per heavy atom. The van der Waals surface area contributed by atoms with Crippen LogP contribution in [0.25, 0.3) is 0 Å². The van der Waals surface area contributed by atoms with Gasteiger partial charge >= 0.3 is 0 Å². The molecule has 0 amide bonds. The van der Waals surface area contributed by atoms with E-state index >= 15 is 0 Å². The smallest absolute Gasteiger partial charge is 0.123 e. The lowest BCUT2D eigenvalue weighted by Gasteiger charge is -2.25. The zero-order valence-corrected chi connectivity index (χ0v) is 16.4. The molecule has 3 rings (SSSR count). The lowest BCUT2D eigenvalue weighted by Crippen LogP contribution is -2.30. The van der Waals surface area contributed by atoms with Gasteiger partial charge in [0.2, 0.25) is 0 Å². The number of fused-ring (bicyclic) bond motifs is 1. The van der Waals surface area contributed by atoms with Crippen molar-refractivity contribution in [3.63, 3.8) is 0 Å². The third kappa shape index (κ3) is 5.34. The Morgan fingerprint density at radius 3 is 2.74 bits per heavy atom. The van der Waals surface area contributed by atoms with Crippen LogP contribution < -0.4 is 9.47 Å². The Kier molecular flexibility index (Phi) is 6.19. The van der Waals surface area contributed by atoms with Crippen molar-refractivity contribution in [3.8, 4) is 11.5 Å². The molecule has 0 aliphatic carbocycles. The van der Waals surface area contributed by atoms with E-state index in [1.807, 2.05) is 48.5 Å². The average Bonchev–Trinajstić information content (AvgIpc) is 2.87. The summed E-state index contributed by atoms with van der Waals surface area (Å²) in [6, 6.07) is 15.5. The minimum absolute atomic E-state index is 0.193. The quantitative estimate of drug-likeness (QED) is 0.780. The summed E-state index contributed by atoms with van der Waals surface area (Å²) in [5.41, 5.74) is 2.18. The predicted octanol–water partition coefficient (Wildman–Crippen LogP) is 4.13. The fourth-order valence-corrected chi connectivity index (χ4v) is 3.07. The summed E-state index contributed by atoms with van der Waals surface area (Å²) in [5, 5.41) is 11.0. The lowest BCUT2D eigenvalue weighted by atomic mass is 9.94. The van der Waals surface area contributed by atoms with Crippen LogP contribution in [0.5, 0.6) is 11.5 Å². The molecule has 1 N–H and O–H groups in total. The third-order valence-electron chi connectivity index (χ3n) is 4.76. The molecule has 0 aromatic heterocycles. The molecule has 1 heterocycles. The molecule has 0 saturated carbocycles. The van der Waals surface area contributed by atoms with Gasteiger partial charge in [0.05, 0.1) is 0 Å². The maximum absolute atomic E-state index is 11.0. The second-order valence-electron chi connectivity index (χ2n) is 7.56. The monoisotopic (exact) mass is 367 g/mol. The molecule has 1 aliphatic rings. The minimum atomic E-state index is -1.08. The molecule has 0 radical (unpaired) electrons. The molecule has 2 aromatic carbocycles. The molecule has 144 valence electrons. The van der Waals surface area contributed by atoms with Gasteiger partial charge in [0.15, 0.2) is 0 Å². The number of allylic oxidation sites excluding steroid dienone is 1. The van der Waals surface area contributed by atoms with Crippen LogP contribution in [0.4, 0.5) is 0 Å². The largest absolute Gasteiger partial charge is 0.492 e. The molecule has 1 atom stereocenters. The third-order valence-corrected chi connectivity index (χ3v) is 4.76. The molecule has 27 heavy (non-hydrogen) atoms. The number of hydrogen-bond acceptors (Lipinski definition) is 4. The molecule has 0 unspecified atom stereocenters. The molecule has 4 heteroatoms. The standard InChI is InChI=1S/C23H29NO3/c1-18(2)11-12-24-13-14-26-22-10-9-20(15-19(22)16-24)23(3,25)17-27-21-7-5-4-6-8-21/h4-11,15,25H,12-14,16-17H2,1-3H3/t23-/m0/s1. The number of para-hydroxylation sites is 1. The normalized spacial score (nSPS) is 16.4. The van der Waals surface area contributed by atoms with E-state index in [1.54, 1.807) is 6.92 Å². The molecular formula is C23H29NO3. The van der Waals surface area contributed by atoms with Crippen molar-refractivity contribution in [1.82, 2.24) is 4.90 Å². The Labute approximate surface area is 162 Å². The minimum Gasteiger partial charge on any atom is -0.492 e. The van der Waals surface area contributed by atoms with Crippen LogP contribution in [0.1, 0.15) is 31.9 Å². The summed E-state index contributed by atoms with van der Waals surface area (Å²) in [6.07, 6.45) is 2.23. The summed E-state index contributed by atoms with van der Waals surface area (Å²) in [4.78, 5) is 2.36. The Balaban J connectivity index is 1.74. The fraction of sp³-hybridized carbons (Fsp3) is 0.391. The summed E-state index contributed by atoms with van der Waals surface area (Å²) in [5.74, 6) is 1.65. The van der Waals surface area contributed by atoms with E-state index in [0.717, 1.165) is 42.3 Å². The van der Waals surface area contributed by atoms with Gasteiger partial charge in [-0.1, -0.05) is 35.9 Å². The van der Waals surface area contributed by atoms with E-state index in [-0.39, 0.29) is 6.61 Å². The molecule has 2 aromatic rings. The molecule has 1 aliphatic heterocycles. The van der Waals surface area contributed by atoms with Gasteiger partial charge in [-0.2, -0.15) is 0 Å². The second-order valence-corrected chi connectivity index (χ2v) is 7.56. The first-order chi connectivity index (χ1) is 12.9. The van der Waals surface area contributed by atoms with E-state index < -0.39 is 5.60 Å². The molecule has 0 saturated heterocycles. The summed E-state index contributed by atoms with van der Waals surface area (Å²) in [6.45, 7) is 9.49. The molecule has 4 nitrogen and oxygen atoms in total. The summed E-state index contributed by atoms with van der Waals surface area (Å²) in [7, 11) is 0. The van der Waals surface area contributed by atoms with Crippen LogP contribution in [-0.2, 0) is 12.1 Å². The SMILES string of the molecule is CC(C)=CCN1CCOc2ccc([C@@](C)(O)COc3ccccc3)cc2C1. The first kappa shape index (κ1) is 19.5. The van der Waals surface area contributed by atoms with E-state index in [2.05, 4.69) is 24.8 Å². The topological polar surface area (TPSA) is 41.9 Å². The highest BCUT2D eigenvalue weighted by atomic mass is 16.5.